The Morgan fingerprint density at radius 3 is 2.50 bits per heavy atom. The molecule has 8 heteroatoms. The molecule has 0 aliphatic heterocycles. The number of rotatable bonds is 8. The minimum atomic E-state index is -0.148. The van der Waals surface area contributed by atoms with Crippen LogP contribution >= 0.6 is 11.8 Å². The second kappa shape index (κ2) is 10.5. The Kier molecular flexibility index (Phi) is 7.69. The van der Waals surface area contributed by atoms with E-state index in [1.54, 1.807) is 24.5 Å². The van der Waals surface area contributed by atoms with Crippen molar-refractivity contribution >= 4 is 29.3 Å². The van der Waals surface area contributed by atoms with Gasteiger partial charge in [0.15, 0.2) is 5.16 Å². The molecule has 0 saturated carbocycles. The molecular formula is C24H29N5O2S. The van der Waals surface area contributed by atoms with Crippen molar-refractivity contribution in [3.63, 3.8) is 0 Å². The number of thioether (sulfide) groups is 1. The summed E-state index contributed by atoms with van der Waals surface area (Å²) in [6.45, 7) is 10.7. The van der Waals surface area contributed by atoms with E-state index in [0.717, 1.165) is 11.3 Å². The van der Waals surface area contributed by atoms with E-state index in [2.05, 4.69) is 46.8 Å². The zero-order valence-electron chi connectivity index (χ0n) is 19.1. The molecule has 0 bridgehead atoms. The van der Waals surface area contributed by atoms with Gasteiger partial charge in [-0.05, 0) is 73.7 Å². The number of benzene rings is 2. The van der Waals surface area contributed by atoms with Crippen LogP contribution in [0.2, 0.25) is 0 Å². The van der Waals surface area contributed by atoms with Crippen molar-refractivity contribution in [3.8, 4) is 5.69 Å². The van der Waals surface area contributed by atoms with Crippen molar-refractivity contribution in [2.45, 2.75) is 39.8 Å². The standard InChI is InChI=1S/C24H29N5O2S/c1-15(2)12-25-23(31)19-7-9-21(18(5)10-19)27-22(30)13-32-24-28-26-14-29(24)20-8-6-16(3)17(4)11-20/h6-11,14-15H,12-13H2,1-5H3,(H,25,31)(H,27,30). The fourth-order valence-corrected chi connectivity index (χ4v) is 3.76. The molecular weight excluding hydrogens is 422 g/mol. The molecule has 3 rings (SSSR count). The second-order valence-corrected chi connectivity index (χ2v) is 9.17. The van der Waals surface area contributed by atoms with Gasteiger partial charge in [-0.1, -0.05) is 31.7 Å². The van der Waals surface area contributed by atoms with Crippen molar-refractivity contribution in [2.75, 3.05) is 17.6 Å². The first kappa shape index (κ1) is 23.5. The molecule has 0 unspecified atom stereocenters. The predicted molar refractivity (Wildman–Crippen MR) is 129 cm³/mol. The summed E-state index contributed by atoms with van der Waals surface area (Å²) in [5.74, 6) is 0.321. The number of anilines is 1. The minimum Gasteiger partial charge on any atom is -0.352 e. The molecule has 168 valence electrons. The number of aryl methyl sites for hydroxylation is 3. The number of hydrogen-bond acceptors (Lipinski definition) is 5. The summed E-state index contributed by atoms with van der Waals surface area (Å²) in [6.07, 6.45) is 1.65. The van der Waals surface area contributed by atoms with E-state index in [9.17, 15) is 9.59 Å². The Bertz CT molecular complexity index is 1120. The van der Waals surface area contributed by atoms with Crippen molar-refractivity contribution in [1.82, 2.24) is 20.1 Å². The Hall–Kier alpha value is -3.13. The molecule has 1 heterocycles. The first-order valence-corrected chi connectivity index (χ1v) is 11.5. The summed E-state index contributed by atoms with van der Waals surface area (Å²) in [5.41, 5.74) is 5.46. The molecule has 3 aromatic rings. The third-order valence-electron chi connectivity index (χ3n) is 5.05. The van der Waals surface area contributed by atoms with Crippen LogP contribution in [0.3, 0.4) is 0 Å². The predicted octanol–water partition coefficient (Wildman–Crippen LogP) is 4.31. The Labute approximate surface area is 193 Å². The second-order valence-electron chi connectivity index (χ2n) is 8.22. The molecule has 1 aromatic heterocycles. The average Bonchev–Trinajstić information content (AvgIpc) is 3.22. The lowest BCUT2D eigenvalue weighted by molar-refractivity contribution is -0.113. The van der Waals surface area contributed by atoms with Crippen LogP contribution in [0.15, 0.2) is 47.9 Å². The van der Waals surface area contributed by atoms with Crippen LogP contribution in [0.5, 0.6) is 0 Å². The Balaban J connectivity index is 1.61. The number of carbonyl (C=O) groups is 2. The highest BCUT2D eigenvalue weighted by Crippen LogP contribution is 2.22. The summed E-state index contributed by atoms with van der Waals surface area (Å²) in [7, 11) is 0. The lowest BCUT2D eigenvalue weighted by Gasteiger charge is -2.12. The maximum Gasteiger partial charge on any atom is 0.251 e. The highest BCUT2D eigenvalue weighted by atomic mass is 32.2. The average molecular weight is 452 g/mol. The van der Waals surface area contributed by atoms with Gasteiger partial charge >= 0.3 is 0 Å². The lowest BCUT2D eigenvalue weighted by Crippen LogP contribution is -2.27. The zero-order valence-corrected chi connectivity index (χ0v) is 19.9. The van der Waals surface area contributed by atoms with Gasteiger partial charge in [0.05, 0.1) is 5.75 Å². The van der Waals surface area contributed by atoms with Crippen LogP contribution in [0.1, 0.15) is 40.9 Å². The molecule has 2 aromatic carbocycles. The van der Waals surface area contributed by atoms with Gasteiger partial charge in [-0.3, -0.25) is 14.2 Å². The minimum absolute atomic E-state index is 0.110. The van der Waals surface area contributed by atoms with Gasteiger partial charge in [0.1, 0.15) is 6.33 Å². The van der Waals surface area contributed by atoms with Gasteiger partial charge < -0.3 is 10.6 Å². The van der Waals surface area contributed by atoms with Crippen molar-refractivity contribution in [1.29, 1.82) is 0 Å². The van der Waals surface area contributed by atoms with Gasteiger partial charge in [-0.25, -0.2) is 0 Å². The van der Waals surface area contributed by atoms with E-state index in [-0.39, 0.29) is 17.6 Å². The number of aromatic nitrogens is 3. The molecule has 7 nitrogen and oxygen atoms in total. The number of nitrogens with zero attached hydrogens (tertiary/aromatic N) is 3. The van der Waals surface area contributed by atoms with E-state index in [0.29, 0.717) is 28.9 Å². The van der Waals surface area contributed by atoms with E-state index < -0.39 is 0 Å². The number of amides is 2. The zero-order chi connectivity index (χ0) is 23.3. The summed E-state index contributed by atoms with van der Waals surface area (Å²) < 4.78 is 1.88. The Morgan fingerprint density at radius 2 is 1.81 bits per heavy atom. The van der Waals surface area contributed by atoms with Crippen LogP contribution in [0.25, 0.3) is 5.69 Å². The van der Waals surface area contributed by atoms with Crippen molar-refractivity contribution in [3.05, 3.63) is 65.0 Å². The van der Waals surface area contributed by atoms with Crippen LogP contribution in [-0.4, -0.2) is 38.9 Å². The maximum absolute atomic E-state index is 12.5. The van der Waals surface area contributed by atoms with E-state index in [1.807, 2.05) is 31.4 Å². The van der Waals surface area contributed by atoms with E-state index in [1.165, 1.54) is 22.9 Å². The van der Waals surface area contributed by atoms with Gasteiger partial charge in [-0.2, -0.15) is 0 Å². The summed E-state index contributed by atoms with van der Waals surface area (Å²) in [4.78, 5) is 24.8. The summed E-state index contributed by atoms with van der Waals surface area (Å²) in [5, 5.41) is 14.6. The molecule has 0 aliphatic rings. The van der Waals surface area contributed by atoms with Gasteiger partial charge in [0, 0.05) is 23.5 Å². The fraction of sp³-hybridized carbons (Fsp3) is 0.333. The molecule has 0 atom stereocenters. The molecule has 0 fully saturated rings. The monoisotopic (exact) mass is 451 g/mol. The molecule has 32 heavy (non-hydrogen) atoms. The topological polar surface area (TPSA) is 88.9 Å². The molecule has 0 saturated heterocycles. The first-order chi connectivity index (χ1) is 15.2. The molecule has 0 spiro atoms. The highest BCUT2D eigenvalue weighted by Gasteiger charge is 2.13. The Morgan fingerprint density at radius 1 is 1.03 bits per heavy atom. The number of carbonyl (C=O) groups excluding carboxylic acids is 2. The number of hydrogen-bond donors (Lipinski definition) is 2. The van der Waals surface area contributed by atoms with Crippen molar-refractivity contribution in [2.24, 2.45) is 5.92 Å². The van der Waals surface area contributed by atoms with Crippen LogP contribution in [-0.2, 0) is 4.79 Å². The molecule has 2 N–H and O–H groups in total. The third-order valence-corrected chi connectivity index (χ3v) is 5.99. The molecule has 2 amide bonds. The fourth-order valence-electron chi connectivity index (χ4n) is 3.04. The largest absolute Gasteiger partial charge is 0.352 e. The first-order valence-electron chi connectivity index (χ1n) is 10.5. The smallest absolute Gasteiger partial charge is 0.251 e. The van der Waals surface area contributed by atoms with Crippen molar-refractivity contribution < 1.29 is 9.59 Å². The normalized spacial score (nSPS) is 10.9. The highest BCUT2D eigenvalue weighted by molar-refractivity contribution is 7.99. The van der Waals surface area contributed by atoms with Crippen LogP contribution in [0.4, 0.5) is 5.69 Å². The SMILES string of the molecule is Cc1ccc(-n2cnnc2SCC(=O)Nc2ccc(C(=O)NCC(C)C)cc2C)cc1C. The van der Waals surface area contributed by atoms with Crippen LogP contribution in [0, 0.1) is 26.7 Å². The van der Waals surface area contributed by atoms with Gasteiger partial charge in [0.25, 0.3) is 5.91 Å². The van der Waals surface area contributed by atoms with Gasteiger partial charge in [0.2, 0.25) is 5.91 Å². The lowest BCUT2D eigenvalue weighted by atomic mass is 10.1. The maximum atomic E-state index is 12.5. The quantitative estimate of drug-likeness (QED) is 0.498. The third kappa shape index (κ3) is 5.97. The summed E-state index contributed by atoms with van der Waals surface area (Å²) >= 11 is 1.32. The number of nitrogens with one attached hydrogen (secondary N) is 2. The molecule has 0 aliphatic carbocycles. The van der Waals surface area contributed by atoms with Gasteiger partial charge in [-0.15, -0.1) is 10.2 Å². The van der Waals surface area contributed by atoms with E-state index in [4.69, 9.17) is 0 Å². The van der Waals surface area contributed by atoms with Crippen LogP contribution < -0.4 is 10.6 Å². The summed E-state index contributed by atoms with van der Waals surface area (Å²) in [6, 6.07) is 11.4. The van der Waals surface area contributed by atoms with E-state index >= 15 is 0 Å². The molecule has 0 radical (unpaired) electrons.